The summed E-state index contributed by atoms with van der Waals surface area (Å²) in [6, 6.07) is 10.8. The lowest BCUT2D eigenvalue weighted by atomic mass is 10.1. The fourth-order valence-corrected chi connectivity index (χ4v) is 4.90. The first-order valence-corrected chi connectivity index (χ1v) is 13.2. The Hall–Kier alpha value is -4.05. The molecule has 37 heavy (non-hydrogen) atoms. The summed E-state index contributed by atoms with van der Waals surface area (Å²) >= 11 is 1.36. The van der Waals surface area contributed by atoms with E-state index in [1.54, 1.807) is 28.7 Å². The molecule has 5 rings (SSSR count). The van der Waals surface area contributed by atoms with Crippen molar-refractivity contribution in [1.82, 2.24) is 19.9 Å². The van der Waals surface area contributed by atoms with Gasteiger partial charge in [0.25, 0.3) is 5.91 Å². The zero-order chi connectivity index (χ0) is 26.1. The molecule has 9 nitrogen and oxygen atoms in total. The molecular formula is C27H28N6O3S. The van der Waals surface area contributed by atoms with Crippen LogP contribution in [0.1, 0.15) is 44.1 Å². The second-order valence-electron chi connectivity index (χ2n) is 9.30. The summed E-state index contributed by atoms with van der Waals surface area (Å²) in [6.07, 6.45) is 5.22. The molecule has 1 aromatic carbocycles. The zero-order valence-electron chi connectivity index (χ0n) is 20.9. The molecule has 0 atom stereocenters. The summed E-state index contributed by atoms with van der Waals surface area (Å²) in [5.41, 5.74) is 2.45. The van der Waals surface area contributed by atoms with Gasteiger partial charge in [0.1, 0.15) is 16.5 Å². The Morgan fingerprint density at radius 3 is 2.57 bits per heavy atom. The number of carbonyl (C=O) groups excluding carboxylic acids is 3. The third-order valence-corrected chi connectivity index (χ3v) is 7.08. The second kappa shape index (κ2) is 10.1. The number of carbonyl (C=O) groups is 3. The van der Waals surface area contributed by atoms with Crippen LogP contribution in [0.3, 0.4) is 0 Å². The molecule has 1 aliphatic carbocycles. The molecule has 0 aliphatic heterocycles. The fourth-order valence-electron chi connectivity index (χ4n) is 4.10. The number of amides is 3. The number of pyridine rings is 1. The summed E-state index contributed by atoms with van der Waals surface area (Å²) in [6.45, 7) is 6.15. The number of fused-ring (bicyclic) bond motifs is 1. The van der Waals surface area contributed by atoms with Crippen molar-refractivity contribution in [3.63, 3.8) is 0 Å². The van der Waals surface area contributed by atoms with Crippen molar-refractivity contribution in [3.8, 4) is 10.6 Å². The van der Waals surface area contributed by atoms with Crippen LogP contribution in [0.15, 0.2) is 54.2 Å². The predicted octanol–water partition coefficient (Wildman–Crippen LogP) is 5.14. The predicted molar refractivity (Wildman–Crippen MR) is 145 cm³/mol. The SMILES string of the molecule is CCN(C(=O)C(C)C)c1ccc2cc(NC(=O)c3csc(-c4ccncc4)n3)n(C(=O)NC3CC3)c2c1. The van der Waals surface area contributed by atoms with Gasteiger partial charge in [-0.25, -0.2) is 14.3 Å². The maximum Gasteiger partial charge on any atom is 0.327 e. The average Bonchev–Trinajstić information content (AvgIpc) is 3.43. The smallest absolute Gasteiger partial charge is 0.327 e. The van der Waals surface area contributed by atoms with E-state index in [0.29, 0.717) is 28.6 Å². The second-order valence-corrected chi connectivity index (χ2v) is 10.2. The molecule has 0 radical (unpaired) electrons. The quantitative estimate of drug-likeness (QED) is 0.353. The molecule has 0 unspecified atom stereocenters. The van der Waals surface area contributed by atoms with Gasteiger partial charge in [-0.1, -0.05) is 19.9 Å². The van der Waals surface area contributed by atoms with Gasteiger partial charge in [0.2, 0.25) is 5.91 Å². The third kappa shape index (κ3) is 5.10. The van der Waals surface area contributed by atoms with Gasteiger partial charge < -0.3 is 15.5 Å². The largest absolute Gasteiger partial charge is 0.335 e. The first-order valence-electron chi connectivity index (χ1n) is 12.3. The molecule has 190 valence electrons. The van der Waals surface area contributed by atoms with Crippen LogP contribution in [0.5, 0.6) is 0 Å². The topological polar surface area (TPSA) is 109 Å². The lowest BCUT2D eigenvalue weighted by molar-refractivity contribution is -0.121. The van der Waals surface area contributed by atoms with Crippen LogP contribution < -0.4 is 15.5 Å². The molecule has 1 fully saturated rings. The van der Waals surface area contributed by atoms with E-state index in [1.807, 2.05) is 51.1 Å². The van der Waals surface area contributed by atoms with Crippen molar-refractivity contribution >= 4 is 51.6 Å². The number of aromatic nitrogens is 3. The minimum absolute atomic E-state index is 0.00412. The molecule has 2 N–H and O–H groups in total. The number of nitrogens with zero attached hydrogens (tertiary/aromatic N) is 4. The van der Waals surface area contributed by atoms with E-state index in [0.717, 1.165) is 23.8 Å². The minimum Gasteiger partial charge on any atom is -0.335 e. The molecule has 1 saturated carbocycles. The van der Waals surface area contributed by atoms with Gasteiger partial charge in [0.05, 0.1) is 5.52 Å². The van der Waals surface area contributed by atoms with Crippen LogP contribution in [0.4, 0.5) is 16.3 Å². The van der Waals surface area contributed by atoms with Crippen molar-refractivity contribution < 1.29 is 14.4 Å². The number of thiazole rings is 1. The first kappa shape index (κ1) is 24.6. The molecule has 0 saturated heterocycles. The Labute approximate surface area is 218 Å². The van der Waals surface area contributed by atoms with Crippen LogP contribution in [0.2, 0.25) is 0 Å². The molecule has 4 aromatic rings. The van der Waals surface area contributed by atoms with Crippen LogP contribution >= 0.6 is 11.3 Å². The van der Waals surface area contributed by atoms with Crippen molar-refractivity contribution in [2.45, 2.75) is 39.7 Å². The number of rotatable bonds is 7. The van der Waals surface area contributed by atoms with Crippen molar-refractivity contribution in [1.29, 1.82) is 0 Å². The summed E-state index contributed by atoms with van der Waals surface area (Å²) in [5.74, 6) is -0.229. The molecule has 3 amide bonds. The van der Waals surface area contributed by atoms with Gasteiger partial charge in [0.15, 0.2) is 0 Å². The Morgan fingerprint density at radius 2 is 1.89 bits per heavy atom. The lowest BCUT2D eigenvalue weighted by Crippen LogP contribution is -2.34. The van der Waals surface area contributed by atoms with E-state index in [-0.39, 0.29) is 29.6 Å². The van der Waals surface area contributed by atoms with Gasteiger partial charge in [-0.3, -0.25) is 14.6 Å². The Morgan fingerprint density at radius 1 is 1.14 bits per heavy atom. The van der Waals surface area contributed by atoms with Gasteiger partial charge in [0, 0.05) is 52.9 Å². The number of nitrogens with one attached hydrogen (secondary N) is 2. The van der Waals surface area contributed by atoms with Crippen LogP contribution in [0, 0.1) is 5.92 Å². The third-order valence-electron chi connectivity index (χ3n) is 6.19. The maximum atomic E-state index is 13.3. The Kier molecular flexibility index (Phi) is 6.75. The van der Waals surface area contributed by atoms with E-state index >= 15 is 0 Å². The van der Waals surface area contributed by atoms with Crippen molar-refractivity contribution in [2.75, 3.05) is 16.8 Å². The van der Waals surface area contributed by atoms with E-state index in [1.165, 1.54) is 15.9 Å². The van der Waals surface area contributed by atoms with Crippen LogP contribution in [-0.4, -0.2) is 45.0 Å². The summed E-state index contributed by atoms with van der Waals surface area (Å²) in [7, 11) is 0. The normalized spacial score (nSPS) is 13.1. The van der Waals surface area contributed by atoms with Gasteiger partial charge in [-0.05, 0) is 50.1 Å². The zero-order valence-corrected chi connectivity index (χ0v) is 21.7. The van der Waals surface area contributed by atoms with Crippen LogP contribution in [0.25, 0.3) is 21.5 Å². The molecule has 3 aromatic heterocycles. The highest BCUT2D eigenvalue weighted by Crippen LogP contribution is 2.30. The number of hydrogen-bond donors (Lipinski definition) is 2. The summed E-state index contributed by atoms with van der Waals surface area (Å²) in [4.78, 5) is 49.4. The van der Waals surface area contributed by atoms with Gasteiger partial charge >= 0.3 is 6.03 Å². The highest BCUT2D eigenvalue weighted by molar-refractivity contribution is 7.13. The average molecular weight is 517 g/mol. The first-order chi connectivity index (χ1) is 17.9. The number of hydrogen-bond acceptors (Lipinski definition) is 6. The molecule has 0 spiro atoms. The Bertz CT molecular complexity index is 1470. The van der Waals surface area contributed by atoms with E-state index in [4.69, 9.17) is 0 Å². The van der Waals surface area contributed by atoms with E-state index in [9.17, 15) is 14.4 Å². The lowest BCUT2D eigenvalue weighted by Gasteiger charge is -2.23. The summed E-state index contributed by atoms with van der Waals surface area (Å²) in [5, 5.41) is 9.05. The van der Waals surface area contributed by atoms with Crippen molar-refractivity contribution in [2.24, 2.45) is 5.92 Å². The highest BCUT2D eigenvalue weighted by atomic mass is 32.1. The number of benzene rings is 1. The molecule has 1 aliphatic rings. The molecule has 10 heteroatoms. The van der Waals surface area contributed by atoms with E-state index in [2.05, 4.69) is 20.6 Å². The summed E-state index contributed by atoms with van der Waals surface area (Å²) < 4.78 is 1.47. The van der Waals surface area contributed by atoms with Crippen LogP contribution in [-0.2, 0) is 4.79 Å². The van der Waals surface area contributed by atoms with E-state index < -0.39 is 5.91 Å². The number of anilines is 2. The van der Waals surface area contributed by atoms with Gasteiger partial charge in [-0.2, -0.15) is 0 Å². The maximum absolute atomic E-state index is 13.3. The monoisotopic (exact) mass is 516 g/mol. The Balaban J connectivity index is 1.50. The standard InChI is InChI=1S/C27H28N6O3S/c1-4-32(26(35)16(2)3)20-8-5-18-13-23(33(22(18)14-20)27(36)29-19-6-7-19)31-24(34)21-15-37-25(30-21)17-9-11-28-12-10-17/h5,8-16,19H,4,6-7H2,1-3H3,(H,29,36)(H,31,34). The molecule has 0 bridgehead atoms. The van der Waals surface area contributed by atoms with Gasteiger partial charge in [-0.15, -0.1) is 11.3 Å². The molecular weight excluding hydrogens is 488 g/mol. The van der Waals surface area contributed by atoms with Crippen molar-refractivity contribution in [3.05, 3.63) is 59.9 Å². The fraction of sp³-hybridized carbons (Fsp3) is 0.296. The minimum atomic E-state index is -0.412. The molecule has 3 heterocycles. The highest BCUT2D eigenvalue weighted by Gasteiger charge is 2.27.